The minimum Gasteiger partial charge on any atom is -0.308 e. The van der Waals surface area contributed by atoms with Gasteiger partial charge in [-0.25, -0.2) is 0 Å². The Morgan fingerprint density at radius 1 is 0.391 bits per heavy atom. The van der Waals surface area contributed by atoms with Gasteiger partial charge in [-0.15, -0.1) is 11.3 Å². The molecule has 0 saturated carbocycles. The highest BCUT2D eigenvalue weighted by Crippen LogP contribution is 2.52. The molecule has 318 valence electrons. The summed E-state index contributed by atoms with van der Waals surface area (Å²) in [6, 6.07) is 60.7. The molecule has 4 heteroatoms. The van der Waals surface area contributed by atoms with Crippen LogP contribution in [0.3, 0.4) is 0 Å². The van der Waals surface area contributed by atoms with Gasteiger partial charge in [-0.2, -0.15) is 0 Å². The number of fused-ring (bicyclic) bond motifs is 1. The van der Waals surface area contributed by atoms with Crippen LogP contribution < -0.4 is 9.80 Å². The van der Waals surface area contributed by atoms with Gasteiger partial charge in [0.2, 0.25) is 0 Å². The lowest BCUT2D eigenvalue weighted by molar-refractivity contribution is 0.590. The Hall–Kier alpha value is -6.13. The quantitative estimate of drug-likeness (QED) is 0.147. The molecule has 0 fully saturated rings. The first-order valence-electron chi connectivity index (χ1n) is 22.4. The van der Waals surface area contributed by atoms with Crippen LogP contribution in [0.4, 0.5) is 34.1 Å². The number of para-hydroxylation sites is 1. The Morgan fingerprint density at radius 2 is 0.875 bits per heavy atom. The fourth-order valence-electron chi connectivity index (χ4n) is 9.41. The van der Waals surface area contributed by atoms with Crippen molar-refractivity contribution in [2.24, 2.45) is 0 Å². The third-order valence-electron chi connectivity index (χ3n) is 13.0. The van der Waals surface area contributed by atoms with Crippen LogP contribution in [0.25, 0.3) is 53.5 Å². The molecule has 10 aromatic rings. The van der Waals surface area contributed by atoms with Gasteiger partial charge >= 0.3 is 0 Å². The lowest BCUT2D eigenvalue weighted by Gasteiger charge is -2.32. The van der Waals surface area contributed by atoms with Crippen LogP contribution in [0.15, 0.2) is 169 Å². The molecule has 0 bridgehead atoms. The Morgan fingerprint density at radius 3 is 1.47 bits per heavy atom. The lowest BCUT2D eigenvalue weighted by Crippen LogP contribution is -2.16. The lowest BCUT2D eigenvalue weighted by atomic mass is 9.86. The maximum atomic E-state index is 8.04. The molecule has 0 N–H and O–H groups in total. The highest BCUT2D eigenvalue weighted by molar-refractivity contribution is 7.17. The van der Waals surface area contributed by atoms with Crippen molar-refractivity contribution in [2.45, 2.75) is 78.6 Å². The molecule has 9 aromatic carbocycles. The van der Waals surface area contributed by atoms with E-state index in [1.54, 1.807) is 11.3 Å². The number of halogens is 1. The fraction of sp³-hybridized carbons (Fsp3) is 0.200. The van der Waals surface area contributed by atoms with Gasteiger partial charge in [-0.05, 0) is 125 Å². The van der Waals surface area contributed by atoms with E-state index in [4.69, 9.17) is 11.6 Å². The van der Waals surface area contributed by atoms with E-state index >= 15 is 0 Å². The van der Waals surface area contributed by atoms with Crippen molar-refractivity contribution < 1.29 is 0 Å². The maximum Gasteiger partial charge on any atom is 0.0887 e. The van der Waals surface area contributed by atoms with Gasteiger partial charge in [0.05, 0.1) is 27.8 Å². The molecule has 0 radical (unpaired) electrons. The summed E-state index contributed by atoms with van der Waals surface area (Å²) in [6.45, 7) is 20.5. The van der Waals surface area contributed by atoms with Crippen LogP contribution in [0, 0.1) is 0 Å². The van der Waals surface area contributed by atoms with Crippen LogP contribution in [0.2, 0.25) is 5.02 Å². The minimum atomic E-state index is -0.00468. The van der Waals surface area contributed by atoms with Crippen LogP contribution in [-0.4, -0.2) is 0 Å². The predicted octanol–water partition coefficient (Wildman–Crippen LogP) is 19.0. The fourth-order valence-corrected chi connectivity index (χ4v) is 10.6. The topological polar surface area (TPSA) is 6.48 Å². The zero-order valence-corrected chi connectivity index (χ0v) is 39.9. The molecule has 0 unspecified atom stereocenters. The molecule has 0 spiro atoms. The SMILES string of the molecule is CC(C)(C)c1ccc(N(c2ccccc2-c2ccc3ccc4cccc5ccc2c3c45)c2cccc(N(c3ccc(C(C)(C)C)cc3)c3csc4ccc(C(C)(C)C)cc34)c2Cl)cc1. The maximum absolute atomic E-state index is 8.04. The zero-order valence-electron chi connectivity index (χ0n) is 38.3. The molecule has 0 aliphatic rings. The van der Waals surface area contributed by atoms with Crippen molar-refractivity contribution in [3.05, 3.63) is 191 Å². The van der Waals surface area contributed by atoms with Crippen molar-refractivity contribution in [1.29, 1.82) is 0 Å². The average molecular weight is 872 g/mol. The van der Waals surface area contributed by atoms with Crippen LogP contribution in [-0.2, 0) is 16.2 Å². The van der Waals surface area contributed by atoms with Gasteiger partial charge < -0.3 is 9.80 Å². The second-order valence-corrected chi connectivity index (χ2v) is 21.7. The highest BCUT2D eigenvalue weighted by Gasteiger charge is 2.27. The Kier molecular flexibility index (Phi) is 10.2. The van der Waals surface area contributed by atoms with E-state index in [2.05, 4.69) is 241 Å². The summed E-state index contributed by atoms with van der Waals surface area (Å²) in [5, 5.41) is 11.8. The van der Waals surface area contributed by atoms with Crippen molar-refractivity contribution in [1.82, 2.24) is 0 Å². The van der Waals surface area contributed by atoms with Crippen molar-refractivity contribution in [3.8, 4) is 11.1 Å². The summed E-state index contributed by atoms with van der Waals surface area (Å²) in [7, 11) is 0. The number of nitrogens with zero attached hydrogens (tertiary/aromatic N) is 2. The first-order valence-corrected chi connectivity index (χ1v) is 23.7. The molecular weight excluding hydrogens is 816 g/mol. The van der Waals surface area contributed by atoms with Gasteiger partial charge in [0.15, 0.2) is 0 Å². The molecule has 64 heavy (non-hydrogen) atoms. The monoisotopic (exact) mass is 870 g/mol. The standard InChI is InChI=1S/C60H55ClN2S/c1-58(2,3)41-24-29-44(30-25-41)62(50-17-11-10-16-47(50)46-33-22-40-21-20-38-14-12-15-39-23-34-48(46)56(40)55(38)39)51-18-13-19-52(57(51)61)63(45-31-26-42(27-32-45)59(4,5)6)53-37-64-54-35-28-43(36-49(53)54)60(7,8)9/h10-37H,1-9H3. The summed E-state index contributed by atoms with van der Waals surface area (Å²) >= 11 is 9.82. The highest BCUT2D eigenvalue weighted by atomic mass is 35.5. The van der Waals surface area contributed by atoms with Crippen LogP contribution in [0.5, 0.6) is 0 Å². The number of thiophene rings is 1. The smallest absolute Gasteiger partial charge is 0.0887 e. The molecule has 10 rings (SSSR count). The summed E-state index contributed by atoms with van der Waals surface area (Å²) in [5.41, 5.74) is 12.3. The van der Waals surface area contributed by atoms with E-state index in [0.29, 0.717) is 5.02 Å². The first-order chi connectivity index (χ1) is 30.6. The molecule has 1 aromatic heterocycles. The molecular formula is C60H55ClN2S. The second-order valence-electron chi connectivity index (χ2n) is 20.4. The normalized spacial score (nSPS) is 12.5. The summed E-state index contributed by atoms with van der Waals surface area (Å²) < 4.78 is 1.24. The first kappa shape index (κ1) is 41.9. The van der Waals surface area contributed by atoms with E-state index in [-0.39, 0.29) is 16.2 Å². The Bertz CT molecular complexity index is 3320. The van der Waals surface area contributed by atoms with Gasteiger partial charge in [0.25, 0.3) is 0 Å². The van der Waals surface area contributed by atoms with Gasteiger partial charge in [-0.1, -0.05) is 183 Å². The van der Waals surface area contributed by atoms with Crippen molar-refractivity contribution >= 4 is 99.5 Å². The largest absolute Gasteiger partial charge is 0.308 e. The molecule has 0 aliphatic heterocycles. The Balaban J connectivity index is 1.21. The molecule has 0 atom stereocenters. The molecule has 0 amide bonds. The average Bonchev–Trinajstić information content (AvgIpc) is 3.69. The van der Waals surface area contributed by atoms with Crippen molar-refractivity contribution in [2.75, 3.05) is 9.80 Å². The summed E-state index contributed by atoms with van der Waals surface area (Å²) in [5.74, 6) is 0. The number of anilines is 6. The van der Waals surface area contributed by atoms with Crippen LogP contribution in [0.1, 0.15) is 79.0 Å². The third-order valence-corrected chi connectivity index (χ3v) is 14.4. The van der Waals surface area contributed by atoms with Gasteiger partial charge in [-0.3, -0.25) is 0 Å². The summed E-state index contributed by atoms with van der Waals surface area (Å²) in [6.07, 6.45) is 0. The zero-order chi connectivity index (χ0) is 44.7. The van der Waals surface area contributed by atoms with Gasteiger partial charge in [0, 0.05) is 32.4 Å². The van der Waals surface area contributed by atoms with E-state index < -0.39 is 0 Å². The molecule has 1 heterocycles. The van der Waals surface area contributed by atoms with E-state index in [9.17, 15) is 0 Å². The summed E-state index contributed by atoms with van der Waals surface area (Å²) in [4.78, 5) is 4.74. The third kappa shape index (κ3) is 7.29. The number of hydrogen-bond donors (Lipinski definition) is 0. The number of hydrogen-bond acceptors (Lipinski definition) is 3. The minimum absolute atomic E-state index is 0.000247. The molecule has 2 nitrogen and oxygen atoms in total. The predicted molar refractivity (Wildman–Crippen MR) is 281 cm³/mol. The van der Waals surface area contributed by atoms with Gasteiger partial charge in [0.1, 0.15) is 0 Å². The molecule has 0 aliphatic carbocycles. The van der Waals surface area contributed by atoms with E-state index in [1.807, 2.05) is 0 Å². The molecule has 0 saturated heterocycles. The van der Waals surface area contributed by atoms with Crippen LogP contribution >= 0.6 is 22.9 Å². The number of benzene rings is 9. The van der Waals surface area contributed by atoms with Crippen molar-refractivity contribution in [3.63, 3.8) is 0 Å². The number of rotatable bonds is 7. The van der Waals surface area contributed by atoms with E-state index in [1.165, 1.54) is 64.7 Å². The second kappa shape index (κ2) is 15.5. The Labute approximate surface area is 387 Å². The van der Waals surface area contributed by atoms with E-state index in [0.717, 1.165) is 39.7 Å².